The van der Waals surface area contributed by atoms with Crippen LogP contribution in [0.25, 0.3) is 0 Å². The molecule has 146 valence electrons. The first-order valence-electron chi connectivity index (χ1n) is 9.76. The molecule has 2 aromatic rings. The smallest absolute Gasteiger partial charge is 0.261 e. The number of nitrogens with one attached hydrogen (secondary N) is 1. The van der Waals surface area contributed by atoms with Crippen molar-refractivity contribution in [2.24, 2.45) is 0 Å². The third kappa shape index (κ3) is 5.85. The monoisotopic (exact) mass is 367 g/mol. The maximum atomic E-state index is 12.7. The molecule has 0 saturated heterocycles. The molecule has 0 aliphatic heterocycles. The summed E-state index contributed by atoms with van der Waals surface area (Å²) in [6, 6.07) is 14.4. The minimum atomic E-state index is -0.498. The van der Waals surface area contributed by atoms with E-state index in [9.17, 15) is 4.79 Å². The molecule has 2 rings (SSSR count). The van der Waals surface area contributed by atoms with Crippen LogP contribution < -0.4 is 10.1 Å². The number of amides is 1. The van der Waals surface area contributed by atoms with Crippen LogP contribution in [0.15, 0.2) is 42.5 Å². The van der Waals surface area contributed by atoms with Crippen molar-refractivity contribution in [2.75, 3.05) is 0 Å². The lowest BCUT2D eigenvalue weighted by Crippen LogP contribution is -2.39. The third-order valence-electron chi connectivity index (χ3n) is 4.77. The minimum Gasteiger partial charge on any atom is -0.481 e. The molecule has 1 N–H and O–H groups in total. The molecule has 1 amide bonds. The van der Waals surface area contributed by atoms with Gasteiger partial charge in [-0.3, -0.25) is 4.79 Å². The van der Waals surface area contributed by atoms with Gasteiger partial charge in [-0.25, -0.2) is 0 Å². The van der Waals surface area contributed by atoms with Crippen LogP contribution in [0.4, 0.5) is 0 Å². The minimum absolute atomic E-state index is 0.0663. The van der Waals surface area contributed by atoms with Gasteiger partial charge in [-0.1, -0.05) is 58.0 Å². The second-order valence-electron chi connectivity index (χ2n) is 8.44. The number of benzene rings is 2. The Morgan fingerprint density at radius 2 is 1.59 bits per heavy atom. The number of hydrogen-bond acceptors (Lipinski definition) is 2. The van der Waals surface area contributed by atoms with Gasteiger partial charge in [0, 0.05) is 0 Å². The fourth-order valence-corrected chi connectivity index (χ4v) is 3.15. The SMILES string of the molecule is CC[C@H](Oc1cc(C)cc(C)c1)C(=O)N[C@@H](C)c1ccc(C(C)(C)C)cc1. The summed E-state index contributed by atoms with van der Waals surface area (Å²) in [6.07, 6.45) is 0.122. The maximum absolute atomic E-state index is 12.7. The molecule has 0 fully saturated rings. The van der Waals surface area contributed by atoms with Gasteiger partial charge in [0.25, 0.3) is 5.91 Å². The predicted molar refractivity (Wildman–Crippen MR) is 112 cm³/mol. The molecule has 0 spiro atoms. The highest BCUT2D eigenvalue weighted by Gasteiger charge is 2.21. The summed E-state index contributed by atoms with van der Waals surface area (Å²) in [7, 11) is 0. The van der Waals surface area contributed by atoms with Crippen molar-refractivity contribution in [3.63, 3.8) is 0 Å². The van der Waals surface area contributed by atoms with E-state index in [4.69, 9.17) is 4.74 Å². The van der Waals surface area contributed by atoms with Gasteiger partial charge in [0.05, 0.1) is 6.04 Å². The number of rotatable bonds is 6. The van der Waals surface area contributed by atoms with E-state index in [2.05, 4.69) is 56.4 Å². The fourth-order valence-electron chi connectivity index (χ4n) is 3.15. The van der Waals surface area contributed by atoms with Crippen LogP contribution in [0.1, 0.15) is 69.3 Å². The van der Waals surface area contributed by atoms with Crippen molar-refractivity contribution < 1.29 is 9.53 Å². The zero-order valence-corrected chi connectivity index (χ0v) is 17.7. The van der Waals surface area contributed by atoms with Crippen LogP contribution in [-0.2, 0) is 10.2 Å². The van der Waals surface area contributed by atoms with Crippen molar-refractivity contribution in [1.82, 2.24) is 5.32 Å². The molecule has 0 aliphatic carbocycles. The fraction of sp³-hybridized carbons (Fsp3) is 0.458. The highest BCUT2D eigenvalue weighted by molar-refractivity contribution is 5.81. The first kappa shape index (κ1) is 21.0. The van der Waals surface area contributed by atoms with Crippen molar-refractivity contribution in [3.05, 3.63) is 64.7 Å². The Morgan fingerprint density at radius 3 is 2.07 bits per heavy atom. The van der Waals surface area contributed by atoms with E-state index in [-0.39, 0.29) is 17.4 Å². The normalized spacial score (nSPS) is 13.7. The first-order chi connectivity index (χ1) is 12.6. The molecule has 0 aliphatic rings. The van der Waals surface area contributed by atoms with Gasteiger partial charge in [0.15, 0.2) is 6.10 Å². The van der Waals surface area contributed by atoms with E-state index < -0.39 is 6.10 Å². The van der Waals surface area contributed by atoms with Gasteiger partial charge in [0.2, 0.25) is 0 Å². The van der Waals surface area contributed by atoms with Crippen molar-refractivity contribution in [3.8, 4) is 5.75 Å². The van der Waals surface area contributed by atoms with Crippen LogP contribution in [0.2, 0.25) is 0 Å². The van der Waals surface area contributed by atoms with E-state index in [1.54, 1.807) is 0 Å². The first-order valence-corrected chi connectivity index (χ1v) is 9.76. The van der Waals surface area contributed by atoms with Crippen molar-refractivity contribution >= 4 is 5.91 Å². The summed E-state index contributed by atoms with van der Waals surface area (Å²) in [5, 5.41) is 3.09. The second kappa shape index (κ2) is 8.60. The number of carbonyl (C=O) groups is 1. The van der Waals surface area contributed by atoms with Gasteiger partial charge < -0.3 is 10.1 Å². The number of ether oxygens (including phenoxy) is 1. The summed E-state index contributed by atoms with van der Waals surface area (Å²) in [6.45, 7) is 14.6. The molecule has 2 atom stereocenters. The summed E-state index contributed by atoms with van der Waals surface area (Å²) in [5.41, 5.74) is 4.77. The van der Waals surface area contributed by atoms with Crippen LogP contribution in [0, 0.1) is 13.8 Å². The van der Waals surface area contributed by atoms with Crippen LogP contribution in [0.3, 0.4) is 0 Å². The predicted octanol–water partition coefficient (Wildman–Crippen LogP) is 5.64. The van der Waals surface area contributed by atoms with E-state index >= 15 is 0 Å². The van der Waals surface area contributed by atoms with E-state index in [1.165, 1.54) is 5.56 Å². The topological polar surface area (TPSA) is 38.3 Å². The molecule has 0 heterocycles. The second-order valence-corrected chi connectivity index (χ2v) is 8.44. The average molecular weight is 368 g/mol. The van der Waals surface area contributed by atoms with Gasteiger partial charge in [-0.15, -0.1) is 0 Å². The summed E-state index contributed by atoms with van der Waals surface area (Å²) < 4.78 is 5.98. The molecular weight excluding hydrogens is 334 g/mol. The van der Waals surface area contributed by atoms with Crippen molar-refractivity contribution in [2.45, 2.75) is 72.4 Å². The van der Waals surface area contributed by atoms with Gasteiger partial charge in [-0.2, -0.15) is 0 Å². The molecule has 0 unspecified atom stereocenters. The van der Waals surface area contributed by atoms with Crippen LogP contribution in [0.5, 0.6) is 5.75 Å². The van der Waals surface area contributed by atoms with Gasteiger partial charge in [0.1, 0.15) is 5.75 Å². The quantitative estimate of drug-likeness (QED) is 0.718. The lowest BCUT2D eigenvalue weighted by Gasteiger charge is -2.23. The van der Waals surface area contributed by atoms with E-state index in [0.717, 1.165) is 22.4 Å². The largest absolute Gasteiger partial charge is 0.481 e. The van der Waals surface area contributed by atoms with Crippen molar-refractivity contribution in [1.29, 1.82) is 0 Å². The number of carbonyl (C=O) groups excluding carboxylic acids is 1. The molecule has 0 bridgehead atoms. The summed E-state index contributed by atoms with van der Waals surface area (Å²) in [5.74, 6) is 0.667. The van der Waals surface area contributed by atoms with E-state index in [0.29, 0.717) is 6.42 Å². The Morgan fingerprint density at radius 1 is 1.04 bits per heavy atom. The van der Waals surface area contributed by atoms with Gasteiger partial charge in [-0.05, 0) is 67.0 Å². The standard InChI is InChI=1S/C24H33NO2/c1-8-22(27-21-14-16(2)13-17(3)15-21)23(26)25-18(4)19-9-11-20(12-10-19)24(5,6)7/h9-15,18,22H,8H2,1-7H3,(H,25,26)/t18-,22-/m0/s1. The Balaban J connectivity index is 2.04. The Labute approximate surface area is 164 Å². The highest BCUT2D eigenvalue weighted by atomic mass is 16.5. The number of hydrogen-bond donors (Lipinski definition) is 1. The Hall–Kier alpha value is -2.29. The summed E-state index contributed by atoms with van der Waals surface area (Å²) >= 11 is 0. The third-order valence-corrected chi connectivity index (χ3v) is 4.77. The molecule has 0 saturated carbocycles. The molecule has 3 nitrogen and oxygen atoms in total. The lowest BCUT2D eigenvalue weighted by atomic mass is 9.86. The highest BCUT2D eigenvalue weighted by Crippen LogP contribution is 2.24. The molecule has 2 aromatic carbocycles. The van der Waals surface area contributed by atoms with Crippen LogP contribution >= 0.6 is 0 Å². The zero-order chi connectivity index (χ0) is 20.2. The molecular formula is C24H33NO2. The Kier molecular flexibility index (Phi) is 6.69. The summed E-state index contributed by atoms with van der Waals surface area (Å²) in [4.78, 5) is 12.7. The molecule has 0 radical (unpaired) electrons. The van der Waals surface area contributed by atoms with E-state index in [1.807, 2.05) is 39.8 Å². The average Bonchev–Trinajstić information content (AvgIpc) is 2.58. The zero-order valence-electron chi connectivity index (χ0n) is 17.7. The molecule has 3 heteroatoms. The Bertz CT molecular complexity index is 752. The van der Waals surface area contributed by atoms with Crippen LogP contribution in [-0.4, -0.2) is 12.0 Å². The molecule has 27 heavy (non-hydrogen) atoms. The lowest BCUT2D eigenvalue weighted by molar-refractivity contribution is -0.128. The van der Waals surface area contributed by atoms with Gasteiger partial charge >= 0.3 is 0 Å². The molecule has 0 aromatic heterocycles. The number of aryl methyl sites for hydroxylation is 2. The maximum Gasteiger partial charge on any atom is 0.261 e.